The van der Waals surface area contributed by atoms with Crippen LogP contribution in [0.15, 0.2) is 0 Å². The summed E-state index contributed by atoms with van der Waals surface area (Å²) in [5, 5.41) is 2.91. The number of nitrogens with two attached hydrogens (primary N) is 1. The monoisotopic (exact) mass is 274 g/mol. The number of ether oxygens (including phenoxy) is 2. The van der Waals surface area contributed by atoms with Crippen LogP contribution < -0.4 is 11.1 Å². The molecule has 0 rings (SSSR count). The highest BCUT2D eigenvalue weighted by atomic mass is 16.5. The molecule has 0 aromatic carbocycles. The molecule has 114 valence electrons. The van der Waals surface area contributed by atoms with E-state index in [0.717, 1.165) is 19.3 Å². The number of methoxy groups -OCH3 is 1. The Bertz CT molecular complexity index is 233. The molecular weight excluding hydrogens is 244 g/mol. The van der Waals surface area contributed by atoms with Gasteiger partial charge in [-0.3, -0.25) is 4.79 Å². The first kappa shape index (κ1) is 18.4. The van der Waals surface area contributed by atoms with Gasteiger partial charge in [-0.2, -0.15) is 0 Å². The average Bonchev–Trinajstić information content (AvgIpc) is 2.35. The van der Waals surface area contributed by atoms with Crippen LogP contribution in [0.25, 0.3) is 0 Å². The Labute approximate surface area is 117 Å². The molecule has 0 aromatic heterocycles. The number of hydrogen-bond acceptors (Lipinski definition) is 4. The Morgan fingerprint density at radius 3 is 2.58 bits per heavy atom. The van der Waals surface area contributed by atoms with E-state index < -0.39 is 0 Å². The van der Waals surface area contributed by atoms with Crippen molar-refractivity contribution >= 4 is 5.91 Å². The molecule has 3 N–H and O–H groups in total. The van der Waals surface area contributed by atoms with Crippen LogP contribution >= 0.6 is 0 Å². The van der Waals surface area contributed by atoms with E-state index in [4.69, 9.17) is 15.2 Å². The van der Waals surface area contributed by atoms with Crippen molar-refractivity contribution in [3.8, 4) is 0 Å². The number of amides is 1. The Kier molecular flexibility index (Phi) is 10.8. The van der Waals surface area contributed by atoms with Gasteiger partial charge < -0.3 is 20.5 Å². The molecule has 19 heavy (non-hydrogen) atoms. The fraction of sp³-hybridized carbons (Fsp3) is 0.929. The number of nitrogens with one attached hydrogen (secondary N) is 1. The molecule has 0 aliphatic rings. The molecule has 0 aliphatic heterocycles. The van der Waals surface area contributed by atoms with Crippen LogP contribution in [0.1, 0.15) is 39.5 Å². The normalized spacial score (nSPS) is 11.6. The van der Waals surface area contributed by atoms with E-state index in [-0.39, 0.29) is 11.3 Å². The van der Waals surface area contributed by atoms with Gasteiger partial charge in [0.1, 0.15) is 0 Å². The minimum atomic E-state index is 0.113. The molecule has 0 spiro atoms. The fourth-order valence-corrected chi connectivity index (χ4v) is 1.70. The zero-order valence-corrected chi connectivity index (χ0v) is 12.7. The summed E-state index contributed by atoms with van der Waals surface area (Å²) in [6.45, 7) is 7.52. The predicted octanol–water partition coefficient (Wildman–Crippen LogP) is 1.31. The highest BCUT2D eigenvalue weighted by Gasteiger charge is 2.17. The van der Waals surface area contributed by atoms with E-state index >= 15 is 0 Å². The molecule has 0 aromatic rings. The number of rotatable bonds is 12. The molecule has 0 saturated carbocycles. The molecule has 0 unspecified atom stereocenters. The SMILES string of the molecule is COCCOCCCNC(=O)CCC(C)(C)CCN. The first-order chi connectivity index (χ1) is 9.02. The molecule has 0 saturated heterocycles. The van der Waals surface area contributed by atoms with Gasteiger partial charge in [-0.15, -0.1) is 0 Å². The molecule has 0 heterocycles. The number of hydrogen-bond donors (Lipinski definition) is 2. The molecule has 5 heteroatoms. The largest absolute Gasteiger partial charge is 0.382 e. The molecule has 0 radical (unpaired) electrons. The summed E-state index contributed by atoms with van der Waals surface area (Å²) in [5.41, 5.74) is 5.69. The highest BCUT2D eigenvalue weighted by molar-refractivity contribution is 5.75. The predicted molar refractivity (Wildman–Crippen MR) is 77.0 cm³/mol. The summed E-state index contributed by atoms with van der Waals surface area (Å²) in [7, 11) is 1.65. The van der Waals surface area contributed by atoms with Crippen molar-refractivity contribution in [2.45, 2.75) is 39.5 Å². The van der Waals surface area contributed by atoms with E-state index in [1.54, 1.807) is 7.11 Å². The summed E-state index contributed by atoms with van der Waals surface area (Å²) in [6, 6.07) is 0. The Morgan fingerprint density at radius 1 is 1.21 bits per heavy atom. The molecule has 0 bridgehead atoms. The van der Waals surface area contributed by atoms with E-state index in [2.05, 4.69) is 19.2 Å². The average molecular weight is 274 g/mol. The second-order valence-corrected chi connectivity index (χ2v) is 5.51. The van der Waals surface area contributed by atoms with Gasteiger partial charge in [0, 0.05) is 26.7 Å². The van der Waals surface area contributed by atoms with Crippen molar-refractivity contribution < 1.29 is 14.3 Å². The maximum atomic E-state index is 11.6. The lowest BCUT2D eigenvalue weighted by atomic mass is 9.84. The van der Waals surface area contributed by atoms with Crippen molar-refractivity contribution in [3.05, 3.63) is 0 Å². The third-order valence-corrected chi connectivity index (χ3v) is 3.07. The zero-order chi connectivity index (χ0) is 14.6. The van der Waals surface area contributed by atoms with Gasteiger partial charge in [0.05, 0.1) is 13.2 Å². The first-order valence-corrected chi connectivity index (χ1v) is 7.05. The molecule has 5 nitrogen and oxygen atoms in total. The second-order valence-electron chi connectivity index (χ2n) is 5.51. The molecule has 0 atom stereocenters. The quantitative estimate of drug-likeness (QED) is 0.526. The van der Waals surface area contributed by atoms with Crippen LogP contribution in [0.4, 0.5) is 0 Å². The lowest BCUT2D eigenvalue weighted by molar-refractivity contribution is -0.121. The summed E-state index contributed by atoms with van der Waals surface area (Å²) < 4.78 is 10.2. The van der Waals surface area contributed by atoms with Crippen molar-refractivity contribution in [1.82, 2.24) is 5.32 Å². The Hall–Kier alpha value is -0.650. The minimum Gasteiger partial charge on any atom is -0.382 e. The van der Waals surface area contributed by atoms with Crippen LogP contribution in [0.3, 0.4) is 0 Å². The lowest BCUT2D eigenvalue weighted by Crippen LogP contribution is -2.27. The summed E-state index contributed by atoms with van der Waals surface area (Å²) in [5.74, 6) is 0.113. The van der Waals surface area contributed by atoms with E-state index in [1.807, 2.05) is 0 Å². The van der Waals surface area contributed by atoms with Gasteiger partial charge in [0.15, 0.2) is 0 Å². The lowest BCUT2D eigenvalue weighted by Gasteiger charge is -2.23. The van der Waals surface area contributed by atoms with Gasteiger partial charge in [-0.05, 0) is 31.2 Å². The zero-order valence-electron chi connectivity index (χ0n) is 12.7. The molecule has 1 amide bonds. The Balaban J connectivity index is 3.44. The van der Waals surface area contributed by atoms with Crippen LogP contribution in [0.2, 0.25) is 0 Å². The van der Waals surface area contributed by atoms with Gasteiger partial charge in [-0.25, -0.2) is 0 Å². The Morgan fingerprint density at radius 2 is 1.95 bits per heavy atom. The van der Waals surface area contributed by atoms with Crippen LogP contribution in [-0.4, -0.2) is 45.9 Å². The maximum Gasteiger partial charge on any atom is 0.220 e. The van der Waals surface area contributed by atoms with Crippen LogP contribution in [0, 0.1) is 5.41 Å². The summed E-state index contributed by atoms with van der Waals surface area (Å²) in [6.07, 6.45) is 3.23. The topological polar surface area (TPSA) is 73.6 Å². The standard InChI is InChI=1S/C14H30N2O3/c1-14(2,7-8-15)6-5-13(17)16-9-4-10-19-12-11-18-3/h4-12,15H2,1-3H3,(H,16,17). The highest BCUT2D eigenvalue weighted by Crippen LogP contribution is 2.25. The van der Waals surface area contributed by atoms with Crippen LogP contribution in [0.5, 0.6) is 0 Å². The summed E-state index contributed by atoms with van der Waals surface area (Å²) in [4.78, 5) is 11.6. The number of carbonyl (C=O) groups excluding carboxylic acids is 1. The van der Waals surface area contributed by atoms with E-state index in [1.165, 1.54) is 0 Å². The third-order valence-electron chi connectivity index (χ3n) is 3.07. The molecular formula is C14H30N2O3. The van der Waals surface area contributed by atoms with E-state index in [9.17, 15) is 4.79 Å². The van der Waals surface area contributed by atoms with Crippen molar-refractivity contribution in [1.29, 1.82) is 0 Å². The summed E-state index contributed by atoms with van der Waals surface area (Å²) >= 11 is 0. The molecule has 0 aliphatic carbocycles. The molecule has 0 fully saturated rings. The maximum absolute atomic E-state index is 11.6. The van der Waals surface area contributed by atoms with Gasteiger partial charge in [0.25, 0.3) is 0 Å². The number of carbonyl (C=O) groups is 1. The smallest absolute Gasteiger partial charge is 0.220 e. The van der Waals surface area contributed by atoms with Gasteiger partial charge in [-0.1, -0.05) is 13.8 Å². The van der Waals surface area contributed by atoms with E-state index in [0.29, 0.717) is 39.3 Å². The third kappa shape index (κ3) is 12.1. The minimum absolute atomic E-state index is 0.113. The van der Waals surface area contributed by atoms with Crippen molar-refractivity contribution in [3.63, 3.8) is 0 Å². The first-order valence-electron chi connectivity index (χ1n) is 7.05. The van der Waals surface area contributed by atoms with Crippen molar-refractivity contribution in [2.24, 2.45) is 11.1 Å². The van der Waals surface area contributed by atoms with Crippen molar-refractivity contribution in [2.75, 3.05) is 40.0 Å². The van der Waals surface area contributed by atoms with Crippen LogP contribution in [-0.2, 0) is 14.3 Å². The second kappa shape index (κ2) is 11.2. The fourth-order valence-electron chi connectivity index (χ4n) is 1.70. The van der Waals surface area contributed by atoms with Gasteiger partial charge in [0.2, 0.25) is 5.91 Å². The van der Waals surface area contributed by atoms with Gasteiger partial charge >= 0.3 is 0 Å².